The smallest absolute Gasteiger partial charge is 0.375 e. The van der Waals surface area contributed by atoms with Crippen molar-refractivity contribution >= 4 is 40.1 Å². The summed E-state index contributed by atoms with van der Waals surface area (Å²) in [6, 6.07) is 10.4. The average molecular weight is 388 g/mol. The summed E-state index contributed by atoms with van der Waals surface area (Å²) in [4.78, 5) is 24.4. The van der Waals surface area contributed by atoms with Crippen molar-refractivity contribution in [2.45, 2.75) is 13.8 Å². The molecule has 0 radical (unpaired) electrons. The molecule has 0 bridgehead atoms. The second-order valence-electron chi connectivity index (χ2n) is 6.02. The Balaban J connectivity index is 1.68. The fraction of sp³-hybridized carbons (Fsp3) is 0.200. The Kier molecular flexibility index (Phi) is 5.37. The maximum Gasteiger partial charge on any atom is 0.375 e. The molecule has 0 aliphatic heterocycles. The van der Waals surface area contributed by atoms with Gasteiger partial charge in [-0.05, 0) is 49.7 Å². The first-order valence-electron chi connectivity index (χ1n) is 8.19. The van der Waals surface area contributed by atoms with Crippen LogP contribution in [-0.2, 0) is 9.53 Å². The van der Waals surface area contributed by atoms with Gasteiger partial charge in [-0.2, -0.15) is 0 Å². The number of furan rings is 1. The molecule has 0 aliphatic carbocycles. The van der Waals surface area contributed by atoms with Crippen LogP contribution in [0.2, 0.25) is 5.02 Å². The van der Waals surface area contributed by atoms with Crippen LogP contribution in [0, 0.1) is 13.8 Å². The van der Waals surface area contributed by atoms with E-state index in [9.17, 15) is 9.59 Å². The molecule has 27 heavy (non-hydrogen) atoms. The van der Waals surface area contributed by atoms with E-state index in [1.165, 1.54) is 7.11 Å². The fourth-order valence-electron chi connectivity index (χ4n) is 2.69. The molecule has 0 spiro atoms. The summed E-state index contributed by atoms with van der Waals surface area (Å²) in [5.74, 6) is -0.631. The molecular formula is C20H18ClNO5. The lowest BCUT2D eigenvalue weighted by Gasteiger charge is -2.11. The molecule has 0 saturated carbocycles. The molecule has 3 aromatic rings. The number of hydrogen-bond donors (Lipinski definition) is 1. The standard InChI is InChI=1S/C20H18ClNO5/c1-11-4-6-17(25-3)15(8-11)22-18(23)10-26-20(24)19-12(2)14-9-13(21)5-7-16(14)27-19/h4-9H,10H2,1-3H3,(H,22,23). The monoisotopic (exact) mass is 387 g/mol. The normalized spacial score (nSPS) is 10.7. The molecule has 0 fully saturated rings. The van der Waals surface area contributed by atoms with Crippen molar-refractivity contribution in [3.8, 4) is 5.75 Å². The summed E-state index contributed by atoms with van der Waals surface area (Å²) in [6.07, 6.45) is 0. The number of rotatable bonds is 5. The molecule has 2 aromatic carbocycles. The highest BCUT2D eigenvalue weighted by Gasteiger charge is 2.20. The summed E-state index contributed by atoms with van der Waals surface area (Å²) in [5.41, 5.74) is 2.60. The van der Waals surface area contributed by atoms with Crippen LogP contribution in [0.4, 0.5) is 5.69 Å². The number of esters is 1. The van der Waals surface area contributed by atoms with E-state index in [0.717, 1.165) is 10.9 Å². The minimum atomic E-state index is -0.717. The van der Waals surface area contributed by atoms with E-state index in [1.807, 2.05) is 13.0 Å². The van der Waals surface area contributed by atoms with Gasteiger partial charge in [0.25, 0.3) is 5.91 Å². The Labute approximate surface area is 161 Å². The zero-order chi connectivity index (χ0) is 19.6. The molecular weight excluding hydrogens is 370 g/mol. The Morgan fingerprint density at radius 1 is 1.15 bits per heavy atom. The van der Waals surface area contributed by atoms with Crippen molar-refractivity contribution in [1.82, 2.24) is 0 Å². The summed E-state index contributed by atoms with van der Waals surface area (Å²) < 4.78 is 15.8. The van der Waals surface area contributed by atoms with Crippen LogP contribution in [0.3, 0.4) is 0 Å². The lowest BCUT2D eigenvalue weighted by atomic mass is 10.1. The summed E-state index contributed by atoms with van der Waals surface area (Å²) in [5, 5.41) is 3.93. The van der Waals surface area contributed by atoms with Gasteiger partial charge in [-0.15, -0.1) is 0 Å². The van der Waals surface area contributed by atoms with Crippen molar-refractivity contribution < 1.29 is 23.5 Å². The van der Waals surface area contributed by atoms with Gasteiger partial charge in [-0.25, -0.2) is 4.79 Å². The van der Waals surface area contributed by atoms with Crippen molar-refractivity contribution in [3.63, 3.8) is 0 Å². The maximum atomic E-state index is 12.3. The SMILES string of the molecule is COc1ccc(C)cc1NC(=O)COC(=O)c1oc2ccc(Cl)cc2c1C. The molecule has 1 heterocycles. The van der Waals surface area contributed by atoms with Crippen LogP contribution in [0.15, 0.2) is 40.8 Å². The molecule has 0 saturated heterocycles. The van der Waals surface area contributed by atoms with E-state index in [4.69, 9.17) is 25.5 Å². The topological polar surface area (TPSA) is 77.8 Å². The zero-order valence-electron chi connectivity index (χ0n) is 15.1. The molecule has 1 aromatic heterocycles. The summed E-state index contributed by atoms with van der Waals surface area (Å²) >= 11 is 5.97. The number of carbonyl (C=O) groups is 2. The number of halogens is 1. The van der Waals surface area contributed by atoms with Crippen molar-refractivity contribution in [3.05, 3.63) is 58.3 Å². The van der Waals surface area contributed by atoms with Crippen molar-refractivity contribution in [2.75, 3.05) is 19.0 Å². The van der Waals surface area contributed by atoms with Gasteiger partial charge in [-0.1, -0.05) is 17.7 Å². The Bertz CT molecular complexity index is 1020. The van der Waals surface area contributed by atoms with Gasteiger partial charge in [0.05, 0.1) is 12.8 Å². The number of fused-ring (bicyclic) bond motifs is 1. The minimum absolute atomic E-state index is 0.0493. The lowest BCUT2D eigenvalue weighted by Crippen LogP contribution is -2.21. The maximum absolute atomic E-state index is 12.3. The molecule has 7 heteroatoms. The van der Waals surface area contributed by atoms with Crippen molar-refractivity contribution in [1.29, 1.82) is 0 Å². The number of carbonyl (C=O) groups excluding carboxylic acids is 2. The highest BCUT2D eigenvalue weighted by Crippen LogP contribution is 2.28. The molecule has 0 atom stereocenters. The van der Waals surface area contributed by atoms with Crippen LogP contribution < -0.4 is 10.1 Å². The largest absolute Gasteiger partial charge is 0.495 e. The highest BCUT2D eigenvalue weighted by molar-refractivity contribution is 6.31. The van der Waals surface area contributed by atoms with Crippen LogP contribution in [0.1, 0.15) is 21.7 Å². The van der Waals surface area contributed by atoms with E-state index in [1.54, 1.807) is 37.3 Å². The number of amides is 1. The molecule has 1 amide bonds. The molecule has 1 N–H and O–H groups in total. The summed E-state index contributed by atoms with van der Waals surface area (Å²) in [6.45, 7) is 3.18. The van der Waals surface area contributed by atoms with Gasteiger partial charge in [0.15, 0.2) is 6.61 Å². The molecule has 3 rings (SSSR count). The summed E-state index contributed by atoms with van der Waals surface area (Å²) in [7, 11) is 1.51. The van der Waals surface area contributed by atoms with Gasteiger partial charge in [0, 0.05) is 16.0 Å². The Morgan fingerprint density at radius 3 is 2.67 bits per heavy atom. The highest BCUT2D eigenvalue weighted by atomic mass is 35.5. The Hall–Kier alpha value is -2.99. The second kappa shape index (κ2) is 7.72. The second-order valence-corrected chi connectivity index (χ2v) is 6.46. The van der Waals surface area contributed by atoms with Gasteiger partial charge in [-0.3, -0.25) is 4.79 Å². The lowest BCUT2D eigenvalue weighted by molar-refractivity contribution is -0.119. The number of anilines is 1. The first-order valence-corrected chi connectivity index (χ1v) is 8.57. The first-order chi connectivity index (χ1) is 12.9. The molecule has 140 valence electrons. The fourth-order valence-corrected chi connectivity index (χ4v) is 2.86. The number of nitrogens with one attached hydrogen (secondary N) is 1. The number of benzene rings is 2. The molecule has 6 nitrogen and oxygen atoms in total. The number of aryl methyl sites for hydroxylation is 2. The van der Waals surface area contributed by atoms with Crippen LogP contribution in [-0.4, -0.2) is 25.6 Å². The molecule has 0 unspecified atom stereocenters. The van der Waals surface area contributed by atoms with E-state index in [-0.39, 0.29) is 5.76 Å². The van der Waals surface area contributed by atoms with Crippen molar-refractivity contribution in [2.24, 2.45) is 0 Å². The third-order valence-corrected chi connectivity index (χ3v) is 4.28. The van der Waals surface area contributed by atoms with E-state index in [2.05, 4.69) is 5.32 Å². The van der Waals surface area contributed by atoms with E-state index < -0.39 is 18.5 Å². The van der Waals surface area contributed by atoms with Gasteiger partial charge >= 0.3 is 5.97 Å². The predicted octanol–water partition coefficient (Wildman–Crippen LogP) is 4.51. The third-order valence-electron chi connectivity index (χ3n) is 4.05. The van der Waals surface area contributed by atoms with Gasteiger partial charge < -0.3 is 19.2 Å². The van der Waals surface area contributed by atoms with Crippen LogP contribution in [0.25, 0.3) is 11.0 Å². The zero-order valence-corrected chi connectivity index (χ0v) is 15.8. The van der Waals surface area contributed by atoms with E-state index >= 15 is 0 Å². The number of methoxy groups -OCH3 is 1. The molecule has 0 aliphatic rings. The minimum Gasteiger partial charge on any atom is -0.495 e. The van der Waals surface area contributed by atoms with E-state index in [0.29, 0.717) is 27.6 Å². The van der Waals surface area contributed by atoms with Gasteiger partial charge in [0.1, 0.15) is 11.3 Å². The Morgan fingerprint density at radius 2 is 1.93 bits per heavy atom. The number of hydrogen-bond acceptors (Lipinski definition) is 5. The van der Waals surface area contributed by atoms with Crippen LogP contribution in [0.5, 0.6) is 5.75 Å². The first kappa shape index (κ1) is 18.8. The predicted molar refractivity (Wildman–Crippen MR) is 103 cm³/mol. The van der Waals surface area contributed by atoms with Crippen LogP contribution >= 0.6 is 11.6 Å². The number of ether oxygens (including phenoxy) is 2. The average Bonchev–Trinajstić information content (AvgIpc) is 2.96. The third kappa shape index (κ3) is 4.06. The van der Waals surface area contributed by atoms with Gasteiger partial charge in [0.2, 0.25) is 5.76 Å². The quantitative estimate of drug-likeness (QED) is 0.652.